The number of ether oxygens (including phenoxy) is 1. The van der Waals surface area contributed by atoms with Crippen LogP contribution >= 0.6 is 0 Å². The SMILES string of the molecule is CC(C)(C)OC(=O)N(CC1(c2noc([C@H]3CC[C@H](C(=O)O)CC3)n2)CC1)[C@H]1CC1c1ccccc1. The Morgan fingerprint density at radius 1 is 1.14 bits per heavy atom. The van der Waals surface area contributed by atoms with Crippen LogP contribution in [-0.4, -0.2) is 50.4 Å². The van der Waals surface area contributed by atoms with Gasteiger partial charge in [-0.05, 0) is 71.3 Å². The number of nitrogens with zero attached hydrogens (tertiary/aromatic N) is 3. The van der Waals surface area contributed by atoms with Gasteiger partial charge in [0.05, 0.1) is 11.3 Å². The number of rotatable bonds is 7. The topological polar surface area (TPSA) is 106 Å². The van der Waals surface area contributed by atoms with Crippen molar-refractivity contribution in [2.24, 2.45) is 5.92 Å². The van der Waals surface area contributed by atoms with Crippen molar-refractivity contribution in [2.45, 2.75) is 94.6 Å². The van der Waals surface area contributed by atoms with Gasteiger partial charge in [-0.2, -0.15) is 4.98 Å². The van der Waals surface area contributed by atoms with Crippen molar-refractivity contribution in [1.82, 2.24) is 15.0 Å². The number of hydrogen-bond donors (Lipinski definition) is 1. The fourth-order valence-electron chi connectivity index (χ4n) is 5.36. The number of carboxylic acid groups (broad SMARTS) is 1. The number of amides is 1. The molecule has 2 aromatic rings. The van der Waals surface area contributed by atoms with Crippen LogP contribution in [0.3, 0.4) is 0 Å². The lowest BCUT2D eigenvalue weighted by Crippen LogP contribution is -2.43. The maximum atomic E-state index is 13.3. The summed E-state index contributed by atoms with van der Waals surface area (Å²) in [5.74, 6) is 0.690. The Morgan fingerprint density at radius 3 is 2.43 bits per heavy atom. The van der Waals surface area contributed by atoms with Gasteiger partial charge < -0.3 is 19.3 Å². The van der Waals surface area contributed by atoms with Crippen molar-refractivity contribution >= 4 is 12.1 Å². The molecule has 3 aliphatic carbocycles. The molecule has 8 heteroatoms. The number of carbonyl (C=O) groups is 2. The van der Waals surface area contributed by atoms with Crippen LogP contribution in [0, 0.1) is 5.92 Å². The number of aliphatic carboxylic acids is 1. The van der Waals surface area contributed by atoms with Gasteiger partial charge in [0, 0.05) is 24.4 Å². The predicted octanol–water partition coefficient (Wildman–Crippen LogP) is 5.25. The fraction of sp³-hybridized carbons (Fsp3) is 0.630. The van der Waals surface area contributed by atoms with Gasteiger partial charge in [0.15, 0.2) is 5.82 Å². The Bertz CT molecular complexity index is 1060. The summed E-state index contributed by atoms with van der Waals surface area (Å²) in [6.45, 7) is 6.19. The minimum Gasteiger partial charge on any atom is -0.481 e. The van der Waals surface area contributed by atoms with Gasteiger partial charge in [-0.1, -0.05) is 35.5 Å². The summed E-state index contributed by atoms with van der Waals surface area (Å²) in [5, 5.41) is 13.6. The van der Waals surface area contributed by atoms with Crippen molar-refractivity contribution in [3.8, 4) is 0 Å². The van der Waals surface area contributed by atoms with Crippen LogP contribution in [0.4, 0.5) is 4.79 Å². The second-order valence-corrected chi connectivity index (χ2v) is 11.6. The van der Waals surface area contributed by atoms with Crippen molar-refractivity contribution in [3.05, 3.63) is 47.6 Å². The van der Waals surface area contributed by atoms with Gasteiger partial charge in [-0.25, -0.2) is 4.79 Å². The van der Waals surface area contributed by atoms with E-state index in [-0.39, 0.29) is 29.4 Å². The molecule has 8 nitrogen and oxygen atoms in total. The summed E-state index contributed by atoms with van der Waals surface area (Å²) in [7, 11) is 0. The van der Waals surface area contributed by atoms with Gasteiger partial charge >= 0.3 is 12.1 Å². The molecular weight excluding hydrogens is 446 g/mol. The molecule has 1 amide bonds. The van der Waals surface area contributed by atoms with Gasteiger partial charge in [0.25, 0.3) is 0 Å². The molecule has 1 aromatic heterocycles. The summed E-state index contributed by atoms with van der Waals surface area (Å²) in [6, 6.07) is 10.4. The maximum Gasteiger partial charge on any atom is 0.410 e. The molecule has 2 atom stereocenters. The Balaban J connectivity index is 1.31. The molecule has 0 spiro atoms. The molecule has 0 radical (unpaired) electrons. The van der Waals surface area contributed by atoms with Crippen LogP contribution in [-0.2, 0) is 14.9 Å². The van der Waals surface area contributed by atoms with E-state index in [0.29, 0.717) is 37.0 Å². The third kappa shape index (κ3) is 5.21. The van der Waals surface area contributed by atoms with Gasteiger partial charge in [0.1, 0.15) is 5.60 Å². The highest BCUT2D eigenvalue weighted by molar-refractivity contribution is 5.70. The van der Waals surface area contributed by atoms with Crippen LogP contribution in [0.25, 0.3) is 0 Å². The lowest BCUT2D eigenvalue weighted by molar-refractivity contribution is -0.142. The van der Waals surface area contributed by atoms with E-state index < -0.39 is 11.6 Å². The van der Waals surface area contributed by atoms with Gasteiger partial charge in [-0.3, -0.25) is 4.79 Å². The third-order valence-corrected chi connectivity index (χ3v) is 7.68. The zero-order chi connectivity index (χ0) is 24.8. The smallest absolute Gasteiger partial charge is 0.410 e. The van der Waals surface area contributed by atoms with Crippen LogP contribution in [0.2, 0.25) is 0 Å². The van der Waals surface area contributed by atoms with E-state index in [1.807, 2.05) is 43.9 Å². The number of hydrogen-bond acceptors (Lipinski definition) is 6. The molecule has 3 saturated carbocycles. The molecule has 3 fully saturated rings. The van der Waals surface area contributed by atoms with Gasteiger partial charge in [-0.15, -0.1) is 0 Å². The first-order valence-electron chi connectivity index (χ1n) is 12.8. The van der Waals surface area contributed by atoms with E-state index in [0.717, 1.165) is 32.1 Å². The molecule has 1 aromatic carbocycles. The van der Waals surface area contributed by atoms with Crippen LogP contribution < -0.4 is 0 Å². The van der Waals surface area contributed by atoms with E-state index in [9.17, 15) is 14.7 Å². The first-order valence-corrected chi connectivity index (χ1v) is 12.8. The van der Waals surface area contributed by atoms with Crippen LogP contribution in [0.15, 0.2) is 34.9 Å². The first-order chi connectivity index (χ1) is 16.7. The molecule has 0 aliphatic heterocycles. The number of benzene rings is 1. The summed E-state index contributed by atoms with van der Waals surface area (Å²) < 4.78 is 11.5. The Morgan fingerprint density at radius 2 is 1.83 bits per heavy atom. The molecule has 1 heterocycles. The van der Waals surface area contributed by atoms with E-state index in [1.165, 1.54) is 5.56 Å². The van der Waals surface area contributed by atoms with E-state index in [4.69, 9.17) is 14.2 Å². The molecule has 0 saturated heterocycles. The summed E-state index contributed by atoms with van der Waals surface area (Å²) in [6.07, 6.45) is 5.20. The van der Waals surface area contributed by atoms with E-state index in [1.54, 1.807) is 0 Å². The molecule has 0 bridgehead atoms. The standard InChI is InChI=1S/C27H35N3O5/c1-26(2,3)34-25(33)30(21-15-20(21)17-7-5-4-6-8-17)16-27(13-14-27)24-28-22(35-29-24)18-9-11-19(12-10-18)23(31)32/h4-8,18-21H,9-16H2,1-3H3,(H,31,32)/t18-,19-,20?,21-/m0/s1. The summed E-state index contributed by atoms with van der Waals surface area (Å²) >= 11 is 0. The lowest BCUT2D eigenvalue weighted by Gasteiger charge is -2.30. The molecule has 5 rings (SSSR count). The zero-order valence-corrected chi connectivity index (χ0v) is 20.8. The molecule has 1 N–H and O–H groups in total. The lowest BCUT2D eigenvalue weighted by atomic mass is 9.82. The number of carbonyl (C=O) groups excluding carboxylic acids is 1. The second kappa shape index (κ2) is 8.95. The average Bonchev–Trinajstić information content (AvgIpc) is 3.73. The Hall–Kier alpha value is -2.90. The second-order valence-electron chi connectivity index (χ2n) is 11.6. The molecular formula is C27H35N3O5. The van der Waals surface area contributed by atoms with Crippen LogP contribution in [0.1, 0.15) is 94.8 Å². The highest BCUT2D eigenvalue weighted by Gasteiger charge is 2.55. The summed E-state index contributed by atoms with van der Waals surface area (Å²) in [4.78, 5) is 31.2. The largest absolute Gasteiger partial charge is 0.481 e. The van der Waals surface area contributed by atoms with Crippen molar-refractivity contribution in [1.29, 1.82) is 0 Å². The molecule has 35 heavy (non-hydrogen) atoms. The monoisotopic (exact) mass is 481 g/mol. The molecule has 1 unspecified atom stereocenters. The predicted molar refractivity (Wildman–Crippen MR) is 128 cm³/mol. The van der Waals surface area contributed by atoms with E-state index in [2.05, 4.69) is 17.3 Å². The highest BCUT2D eigenvalue weighted by Crippen LogP contribution is 2.52. The Kier molecular flexibility index (Phi) is 6.09. The minimum atomic E-state index is -0.720. The number of carboxylic acids is 1. The van der Waals surface area contributed by atoms with Crippen molar-refractivity contribution < 1.29 is 24.0 Å². The highest BCUT2D eigenvalue weighted by atomic mass is 16.6. The average molecular weight is 482 g/mol. The zero-order valence-electron chi connectivity index (χ0n) is 20.8. The first kappa shape index (κ1) is 23.8. The normalized spacial score (nSPS) is 27.2. The number of aromatic nitrogens is 2. The molecule has 188 valence electrons. The minimum absolute atomic E-state index is 0.0994. The third-order valence-electron chi connectivity index (χ3n) is 7.68. The summed E-state index contributed by atoms with van der Waals surface area (Å²) in [5.41, 5.74) is 0.368. The van der Waals surface area contributed by atoms with E-state index >= 15 is 0 Å². The molecule has 3 aliphatic rings. The van der Waals surface area contributed by atoms with Crippen LogP contribution in [0.5, 0.6) is 0 Å². The van der Waals surface area contributed by atoms with Crippen molar-refractivity contribution in [2.75, 3.05) is 6.54 Å². The van der Waals surface area contributed by atoms with Crippen molar-refractivity contribution in [3.63, 3.8) is 0 Å². The fourth-order valence-corrected chi connectivity index (χ4v) is 5.36. The van der Waals surface area contributed by atoms with Gasteiger partial charge in [0.2, 0.25) is 5.89 Å². The quantitative estimate of drug-likeness (QED) is 0.575. The Labute approximate surface area is 206 Å². The maximum absolute atomic E-state index is 13.3.